The van der Waals surface area contributed by atoms with Gasteiger partial charge in [-0.1, -0.05) is 17.7 Å². The molecule has 0 atom stereocenters. The van der Waals surface area contributed by atoms with Gasteiger partial charge in [0.1, 0.15) is 5.82 Å². The number of halogens is 1. The van der Waals surface area contributed by atoms with Crippen molar-refractivity contribution in [1.29, 1.82) is 5.26 Å². The minimum atomic E-state index is -0.677. The lowest BCUT2D eigenvalue weighted by Gasteiger charge is -2.31. The third-order valence-corrected chi connectivity index (χ3v) is 7.70. The smallest absolute Gasteiger partial charge is 0.126 e. The van der Waals surface area contributed by atoms with Gasteiger partial charge < -0.3 is 20.5 Å². The zero-order chi connectivity index (χ0) is 25.6. The minimum absolute atomic E-state index is 0.416. The molecule has 0 unspecified atom stereocenters. The van der Waals surface area contributed by atoms with Crippen molar-refractivity contribution in [3.05, 3.63) is 41.2 Å². The van der Waals surface area contributed by atoms with Gasteiger partial charge in [0, 0.05) is 49.8 Å². The molecule has 0 radical (unpaired) electrons. The Morgan fingerprint density at radius 2 is 1.97 bits per heavy atom. The first kappa shape index (κ1) is 26.8. The highest BCUT2D eigenvalue weighted by atomic mass is 35.5. The molecule has 2 aromatic heterocycles. The second-order valence-electron chi connectivity index (χ2n) is 11.0. The maximum Gasteiger partial charge on any atom is 0.126 e. The summed E-state index contributed by atoms with van der Waals surface area (Å²) in [7, 11) is 0. The molecule has 1 saturated heterocycles. The van der Waals surface area contributed by atoms with Crippen molar-refractivity contribution < 1.29 is 9.84 Å². The van der Waals surface area contributed by atoms with E-state index in [1.54, 1.807) is 6.20 Å². The first-order valence-corrected chi connectivity index (χ1v) is 13.4. The molecule has 0 bridgehead atoms. The van der Waals surface area contributed by atoms with Crippen molar-refractivity contribution in [2.45, 2.75) is 70.4 Å². The summed E-state index contributed by atoms with van der Waals surface area (Å²) in [6.45, 7) is 6.09. The maximum absolute atomic E-state index is 9.96. The van der Waals surface area contributed by atoms with Crippen LogP contribution in [0.5, 0.6) is 0 Å². The first-order valence-electron chi connectivity index (χ1n) is 13.1. The largest absolute Gasteiger partial charge is 0.389 e. The molecule has 2 aliphatic rings. The van der Waals surface area contributed by atoms with Gasteiger partial charge in [0.05, 0.1) is 27.8 Å². The molecule has 0 aromatic carbocycles. The summed E-state index contributed by atoms with van der Waals surface area (Å²) in [6.07, 6.45) is 8.64. The van der Waals surface area contributed by atoms with E-state index in [0.717, 1.165) is 67.7 Å². The summed E-state index contributed by atoms with van der Waals surface area (Å²) < 4.78 is 5.44. The van der Waals surface area contributed by atoms with Crippen molar-refractivity contribution in [2.24, 2.45) is 11.3 Å². The maximum atomic E-state index is 9.96. The number of rotatable bonds is 9. The highest BCUT2D eigenvalue weighted by Crippen LogP contribution is 2.32. The molecule has 3 heterocycles. The van der Waals surface area contributed by atoms with Crippen LogP contribution in [0.1, 0.15) is 58.1 Å². The van der Waals surface area contributed by atoms with Gasteiger partial charge in [0.25, 0.3) is 0 Å². The summed E-state index contributed by atoms with van der Waals surface area (Å²) in [6, 6.07) is 10.9. The molecule has 2 fully saturated rings. The number of hydrogen-bond acceptors (Lipinski definition) is 7. The van der Waals surface area contributed by atoms with Crippen LogP contribution < -0.4 is 10.6 Å². The number of nitrogens with zero attached hydrogens (tertiary/aromatic N) is 3. The van der Waals surface area contributed by atoms with E-state index < -0.39 is 11.0 Å². The predicted octanol–water partition coefficient (Wildman–Crippen LogP) is 4.99. The Kier molecular flexibility index (Phi) is 8.84. The molecular formula is C28H38ClN5O2. The van der Waals surface area contributed by atoms with Gasteiger partial charge in [-0.15, -0.1) is 0 Å². The van der Waals surface area contributed by atoms with E-state index in [1.807, 2.05) is 32.0 Å². The van der Waals surface area contributed by atoms with Crippen LogP contribution in [0.2, 0.25) is 5.02 Å². The van der Waals surface area contributed by atoms with E-state index in [2.05, 4.69) is 27.8 Å². The minimum Gasteiger partial charge on any atom is -0.389 e. The van der Waals surface area contributed by atoms with Gasteiger partial charge in [-0.2, -0.15) is 5.26 Å². The molecule has 1 saturated carbocycles. The fourth-order valence-electron chi connectivity index (χ4n) is 5.08. The number of anilines is 1. The third-order valence-electron chi connectivity index (χ3n) is 7.40. The Bertz CT molecular complexity index is 1050. The lowest BCUT2D eigenvalue weighted by atomic mass is 9.82. The molecule has 194 valence electrons. The highest BCUT2D eigenvalue weighted by Gasteiger charge is 2.32. The predicted molar refractivity (Wildman–Crippen MR) is 143 cm³/mol. The Morgan fingerprint density at radius 1 is 1.22 bits per heavy atom. The summed E-state index contributed by atoms with van der Waals surface area (Å²) in [5, 5.41) is 27.1. The van der Waals surface area contributed by atoms with Crippen molar-refractivity contribution in [3.63, 3.8) is 0 Å². The van der Waals surface area contributed by atoms with E-state index in [9.17, 15) is 10.4 Å². The van der Waals surface area contributed by atoms with Gasteiger partial charge in [-0.3, -0.25) is 4.98 Å². The Morgan fingerprint density at radius 3 is 2.67 bits per heavy atom. The Hall–Kier alpha value is -2.24. The van der Waals surface area contributed by atoms with Crippen molar-refractivity contribution >= 4 is 17.4 Å². The quantitative estimate of drug-likeness (QED) is 0.435. The third kappa shape index (κ3) is 7.39. The van der Waals surface area contributed by atoms with E-state index >= 15 is 0 Å². The average Bonchev–Trinajstić information content (AvgIpc) is 2.88. The molecule has 4 rings (SSSR count). The lowest BCUT2D eigenvalue weighted by molar-refractivity contribution is 0.0455. The summed E-state index contributed by atoms with van der Waals surface area (Å²) in [5.74, 6) is 1.33. The molecule has 1 aliphatic heterocycles. The Balaban J connectivity index is 1.37. The highest BCUT2D eigenvalue weighted by molar-refractivity contribution is 6.33. The van der Waals surface area contributed by atoms with Crippen LogP contribution >= 0.6 is 11.6 Å². The lowest BCUT2D eigenvalue weighted by Crippen LogP contribution is -2.42. The number of hydrogen-bond donors (Lipinski definition) is 3. The van der Waals surface area contributed by atoms with E-state index in [1.165, 1.54) is 0 Å². The van der Waals surface area contributed by atoms with Crippen molar-refractivity contribution in [2.75, 3.05) is 31.6 Å². The summed E-state index contributed by atoms with van der Waals surface area (Å²) in [4.78, 5) is 9.41. The SMILES string of the molecule is CC(C)(O)CNC1CCC(Cc2cc(-c3cccc(NCC4(C#N)CCOCC4)n3)c(Cl)cn2)CC1. The number of ether oxygens (including phenoxy) is 1. The fraction of sp³-hybridized carbons (Fsp3) is 0.607. The van der Waals surface area contributed by atoms with Crippen LogP contribution in [-0.4, -0.2) is 53.0 Å². The van der Waals surface area contributed by atoms with E-state index in [-0.39, 0.29) is 0 Å². The van der Waals surface area contributed by atoms with Gasteiger partial charge in [0.15, 0.2) is 0 Å². The number of nitriles is 1. The second-order valence-corrected chi connectivity index (χ2v) is 11.4. The van der Waals surface area contributed by atoms with Crippen LogP contribution in [0, 0.1) is 22.7 Å². The second kappa shape index (κ2) is 11.9. The van der Waals surface area contributed by atoms with Gasteiger partial charge >= 0.3 is 0 Å². The van der Waals surface area contributed by atoms with Crippen LogP contribution in [-0.2, 0) is 11.2 Å². The Labute approximate surface area is 219 Å². The number of aliphatic hydroxyl groups is 1. The van der Waals surface area contributed by atoms with Crippen LogP contribution in [0.4, 0.5) is 5.82 Å². The van der Waals surface area contributed by atoms with Crippen LogP contribution in [0.25, 0.3) is 11.3 Å². The van der Waals surface area contributed by atoms with Gasteiger partial charge in [-0.05, 0) is 82.9 Å². The molecule has 0 amide bonds. The molecule has 7 nitrogen and oxygen atoms in total. The van der Waals surface area contributed by atoms with Crippen molar-refractivity contribution in [1.82, 2.24) is 15.3 Å². The van der Waals surface area contributed by atoms with Crippen molar-refractivity contribution in [3.8, 4) is 17.3 Å². The molecule has 1 aliphatic carbocycles. The van der Waals surface area contributed by atoms with E-state index in [0.29, 0.717) is 43.3 Å². The summed E-state index contributed by atoms with van der Waals surface area (Å²) >= 11 is 6.55. The topological polar surface area (TPSA) is 103 Å². The number of pyridine rings is 2. The zero-order valence-corrected chi connectivity index (χ0v) is 22.2. The average molecular weight is 512 g/mol. The molecule has 3 N–H and O–H groups in total. The fourth-order valence-corrected chi connectivity index (χ4v) is 5.28. The molecule has 2 aromatic rings. The molecule has 0 spiro atoms. The standard InChI is InChI=1S/C28H38ClN5O2/c1-27(2,35)18-32-21-8-6-20(7-9-21)14-22-15-23(24(29)16-31-22)25-4-3-5-26(34-25)33-19-28(17-30)10-12-36-13-11-28/h3-5,15-16,20-21,32,35H,6-14,18-19H2,1-2H3,(H,33,34). The zero-order valence-electron chi connectivity index (χ0n) is 21.4. The first-order chi connectivity index (χ1) is 17.3. The summed E-state index contributed by atoms with van der Waals surface area (Å²) in [5.41, 5.74) is 1.62. The van der Waals surface area contributed by atoms with E-state index in [4.69, 9.17) is 21.3 Å². The number of aromatic nitrogens is 2. The molecular weight excluding hydrogens is 474 g/mol. The van der Waals surface area contributed by atoms with Crippen LogP contribution in [0.15, 0.2) is 30.5 Å². The molecule has 8 heteroatoms. The van der Waals surface area contributed by atoms with Crippen LogP contribution in [0.3, 0.4) is 0 Å². The monoisotopic (exact) mass is 511 g/mol. The van der Waals surface area contributed by atoms with Gasteiger partial charge in [0.2, 0.25) is 0 Å². The molecule has 36 heavy (non-hydrogen) atoms. The number of nitrogens with one attached hydrogen (secondary N) is 2. The van der Waals surface area contributed by atoms with Gasteiger partial charge in [-0.25, -0.2) is 4.98 Å². The normalized spacial score (nSPS) is 22.1.